The summed E-state index contributed by atoms with van der Waals surface area (Å²) in [5.41, 5.74) is 4.86. The van der Waals surface area contributed by atoms with Crippen molar-refractivity contribution in [3.63, 3.8) is 0 Å². The first-order valence-corrected chi connectivity index (χ1v) is 10.9. The van der Waals surface area contributed by atoms with Crippen LogP contribution in [0, 0.1) is 12.3 Å². The summed E-state index contributed by atoms with van der Waals surface area (Å²) in [6, 6.07) is 9.79. The predicted molar refractivity (Wildman–Crippen MR) is 119 cm³/mol. The van der Waals surface area contributed by atoms with Crippen LogP contribution in [0.15, 0.2) is 30.3 Å². The first kappa shape index (κ1) is 20.0. The molecule has 0 aliphatic carbocycles. The third-order valence-corrected chi connectivity index (χ3v) is 6.64. The van der Waals surface area contributed by atoms with Crippen LogP contribution in [-0.4, -0.2) is 52.1 Å². The van der Waals surface area contributed by atoms with Crippen molar-refractivity contribution in [2.24, 2.45) is 5.41 Å². The van der Waals surface area contributed by atoms with E-state index in [2.05, 4.69) is 23.7 Å². The summed E-state index contributed by atoms with van der Waals surface area (Å²) in [6.45, 7) is 9.73. The summed E-state index contributed by atoms with van der Waals surface area (Å²) >= 11 is 0. The van der Waals surface area contributed by atoms with Crippen LogP contribution in [0.2, 0.25) is 0 Å². The van der Waals surface area contributed by atoms with Crippen LogP contribution in [-0.2, 0) is 4.74 Å². The third-order valence-electron chi connectivity index (χ3n) is 6.64. The minimum Gasteiger partial charge on any atom is -0.477 e. The number of aromatic carboxylic acids is 1. The largest absolute Gasteiger partial charge is 0.477 e. The van der Waals surface area contributed by atoms with Crippen molar-refractivity contribution < 1.29 is 14.6 Å². The van der Waals surface area contributed by atoms with E-state index in [1.807, 2.05) is 31.2 Å². The van der Waals surface area contributed by atoms with Gasteiger partial charge in [0.15, 0.2) is 11.3 Å². The predicted octanol–water partition coefficient (Wildman–Crippen LogP) is 4.17. The summed E-state index contributed by atoms with van der Waals surface area (Å²) in [4.78, 5) is 18.8. The van der Waals surface area contributed by atoms with Gasteiger partial charge in [0, 0.05) is 18.5 Å². The molecule has 2 aliphatic rings. The van der Waals surface area contributed by atoms with Crippen molar-refractivity contribution in [1.82, 2.24) is 14.8 Å². The standard InChI is InChI=1S/C24H28N4O3/c1-15(2)21-20-19(27-9-7-24(8-10-27)13-31-14-24)12-18(23(29)30)25-22(20)28(26-21)17-6-4-5-16(3)11-17/h4-6,11-12,15H,7-10,13-14H2,1-3H3,(H,29,30). The molecule has 5 rings (SSSR count). The van der Waals surface area contributed by atoms with Crippen LogP contribution in [0.25, 0.3) is 16.7 Å². The Morgan fingerprint density at radius 2 is 1.94 bits per heavy atom. The summed E-state index contributed by atoms with van der Waals surface area (Å²) < 4.78 is 7.27. The number of rotatable bonds is 4. The fraction of sp³-hybridized carbons (Fsp3) is 0.458. The number of fused-ring (bicyclic) bond motifs is 1. The quantitative estimate of drug-likeness (QED) is 0.682. The Morgan fingerprint density at radius 3 is 2.52 bits per heavy atom. The number of carboxylic acid groups (broad SMARTS) is 1. The van der Waals surface area contributed by atoms with E-state index in [0.717, 1.165) is 67.2 Å². The minimum absolute atomic E-state index is 0.0545. The molecule has 0 atom stereocenters. The molecule has 0 unspecified atom stereocenters. The fourth-order valence-electron chi connectivity index (χ4n) is 4.73. The molecule has 2 aromatic heterocycles. The van der Waals surface area contributed by atoms with Gasteiger partial charge in [-0.1, -0.05) is 26.0 Å². The Morgan fingerprint density at radius 1 is 1.19 bits per heavy atom. The maximum absolute atomic E-state index is 12.0. The number of aromatic nitrogens is 3. The lowest BCUT2D eigenvalue weighted by atomic mass is 9.76. The average molecular weight is 421 g/mol. The second-order valence-corrected chi connectivity index (χ2v) is 9.30. The third kappa shape index (κ3) is 3.37. The van der Waals surface area contributed by atoms with Crippen LogP contribution < -0.4 is 4.90 Å². The molecule has 2 saturated heterocycles. The van der Waals surface area contributed by atoms with Crippen molar-refractivity contribution in [2.45, 2.75) is 39.5 Å². The smallest absolute Gasteiger partial charge is 0.354 e. The molecular formula is C24H28N4O3. The first-order chi connectivity index (χ1) is 14.9. The van der Waals surface area contributed by atoms with E-state index in [1.165, 1.54) is 0 Å². The lowest BCUT2D eigenvalue weighted by molar-refractivity contribution is -0.124. The zero-order valence-corrected chi connectivity index (χ0v) is 18.3. The zero-order chi connectivity index (χ0) is 21.8. The summed E-state index contributed by atoms with van der Waals surface area (Å²) in [5, 5.41) is 15.7. The average Bonchev–Trinajstić information content (AvgIpc) is 3.12. The molecule has 0 radical (unpaired) electrons. The van der Waals surface area contributed by atoms with Crippen molar-refractivity contribution in [3.05, 3.63) is 47.3 Å². The number of carbonyl (C=O) groups is 1. The normalized spacial score (nSPS) is 18.0. The maximum atomic E-state index is 12.0. The number of benzene rings is 1. The Bertz CT molecular complexity index is 1150. The zero-order valence-electron chi connectivity index (χ0n) is 18.3. The Labute approximate surface area is 181 Å². The Balaban J connectivity index is 1.70. The SMILES string of the molecule is Cc1cccc(-n2nc(C(C)C)c3c(N4CCC5(CC4)COC5)cc(C(=O)O)nc32)c1. The topological polar surface area (TPSA) is 80.5 Å². The molecule has 2 fully saturated rings. The van der Waals surface area contributed by atoms with Crippen LogP contribution in [0.3, 0.4) is 0 Å². The number of ether oxygens (including phenoxy) is 1. The summed E-state index contributed by atoms with van der Waals surface area (Å²) in [5.74, 6) is -0.840. The summed E-state index contributed by atoms with van der Waals surface area (Å²) in [6.07, 6.45) is 2.12. The number of piperidine rings is 1. The van der Waals surface area contributed by atoms with Gasteiger partial charge in [-0.25, -0.2) is 14.5 Å². The molecule has 7 nitrogen and oxygen atoms in total. The fourth-order valence-corrected chi connectivity index (χ4v) is 4.73. The number of carboxylic acids is 1. The highest BCUT2D eigenvalue weighted by molar-refractivity contribution is 5.98. The molecule has 3 aromatic rings. The molecule has 31 heavy (non-hydrogen) atoms. The molecule has 0 saturated carbocycles. The molecule has 0 amide bonds. The number of pyridine rings is 1. The van der Waals surface area contributed by atoms with Crippen LogP contribution in [0.5, 0.6) is 0 Å². The van der Waals surface area contributed by atoms with Crippen molar-refractivity contribution in [2.75, 3.05) is 31.2 Å². The van der Waals surface area contributed by atoms with Crippen LogP contribution in [0.1, 0.15) is 54.4 Å². The van der Waals surface area contributed by atoms with Gasteiger partial charge in [0.1, 0.15) is 0 Å². The van der Waals surface area contributed by atoms with Gasteiger partial charge in [-0.05, 0) is 49.4 Å². The second kappa shape index (κ2) is 7.34. The van der Waals surface area contributed by atoms with Gasteiger partial charge in [-0.3, -0.25) is 0 Å². The van der Waals surface area contributed by atoms with E-state index in [-0.39, 0.29) is 11.6 Å². The molecule has 2 aliphatic heterocycles. The highest BCUT2D eigenvalue weighted by Gasteiger charge is 2.41. The maximum Gasteiger partial charge on any atom is 0.354 e. The molecular weight excluding hydrogens is 392 g/mol. The van der Waals surface area contributed by atoms with E-state index in [9.17, 15) is 9.90 Å². The van der Waals surface area contributed by atoms with E-state index >= 15 is 0 Å². The van der Waals surface area contributed by atoms with Gasteiger partial charge in [0.05, 0.1) is 35.7 Å². The number of aryl methyl sites for hydroxylation is 1. The molecule has 7 heteroatoms. The van der Waals surface area contributed by atoms with Gasteiger partial charge < -0.3 is 14.7 Å². The van der Waals surface area contributed by atoms with Crippen molar-refractivity contribution >= 4 is 22.7 Å². The Kier molecular flexibility index (Phi) is 4.73. The Hall–Kier alpha value is -2.93. The van der Waals surface area contributed by atoms with Crippen LogP contribution in [0.4, 0.5) is 5.69 Å². The molecule has 4 heterocycles. The van der Waals surface area contributed by atoms with E-state index in [4.69, 9.17) is 9.84 Å². The summed E-state index contributed by atoms with van der Waals surface area (Å²) in [7, 11) is 0. The monoisotopic (exact) mass is 420 g/mol. The lowest BCUT2D eigenvalue weighted by Gasteiger charge is -2.48. The van der Waals surface area contributed by atoms with Gasteiger partial charge >= 0.3 is 5.97 Å². The second-order valence-electron chi connectivity index (χ2n) is 9.30. The van der Waals surface area contributed by atoms with Crippen molar-refractivity contribution in [1.29, 1.82) is 0 Å². The number of hydrogen-bond acceptors (Lipinski definition) is 5. The number of hydrogen-bond donors (Lipinski definition) is 1. The molecule has 162 valence electrons. The highest BCUT2D eigenvalue weighted by atomic mass is 16.5. The van der Waals surface area contributed by atoms with Gasteiger partial charge in [0.25, 0.3) is 0 Å². The van der Waals surface area contributed by atoms with Gasteiger partial charge in [-0.15, -0.1) is 0 Å². The molecule has 1 spiro atoms. The minimum atomic E-state index is -1.02. The van der Waals surface area contributed by atoms with Gasteiger partial charge in [-0.2, -0.15) is 5.10 Å². The lowest BCUT2D eigenvalue weighted by Crippen LogP contribution is -2.51. The van der Waals surface area contributed by atoms with Crippen molar-refractivity contribution in [3.8, 4) is 5.69 Å². The first-order valence-electron chi connectivity index (χ1n) is 10.9. The van der Waals surface area contributed by atoms with Crippen LogP contribution >= 0.6 is 0 Å². The highest BCUT2D eigenvalue weighted by Crippen LogP contribution is 2.42. The number of anilines is 1. The van der Waals surface area contributed by atoms with E-state index in [0.29, 0.717) is 11.1 Å². The van der Waals surface area contributed by atoms with Gasteiger partial charge in [0.2, 0.25) is 0 Å². The van der Waals surface area contributed by atoms with E-state index in [1.54, 1.807) is 10.7 Å². The number of nitrogens with zero attached hydrogens (tertiary/aromatic N) is 4. The molecule has 0 bridgehead atoms. The van der Waals surface area contributed by atoms with E-state index < -0.39 is 5.97 Å². The molecule has 1 aromatic carbocycles. The molecule has 1 N–H and O–H groups in total.